The van der Waals surface area contributed by atoms with Gasteiger partial charge in [-0.2, -0.15) is 0 Å². The fourth-order valence-corrected chi connectivity index (χ4v) is 1.89. The molecule has 0 saturated carbocycles. The maximum absolute atomic E-state index is 11.1. The normalized spacial score (nSPS) is 15.1. The zero-order valence-electron chi connectivity index (χ0n) is 6.73. The molecular weight excluding hydrogens is 209 g/mol. The minimum absolute atomic E-state index is 0.00309. The zero-order valence-corrected chi connectivity index (χ0v) is 8.24. The monoisotopic (exact) mass is 215 g/mol. The molecule has 1 amide bonds. The van der Waals surface area contributed by atoms with Crippen LogP contribution in [0.4, 0.5) is 5.69 Å². The predicted octanol–water partition coefficient (Wildman–Crippen LogP) is 2.88. The van der Waals surface area contributed by atoms with Gasteiger partial charge in [0.15, 0.2) is 0 Å². The van der Waals surface area contributed by atoms with E-state index in [4.69, 9.17) is 23.2 Å². The van der Waals surface area contributed by atoms with Gasteiger partial charge in [0.1, 0.15) is 0 Å². The average Bonchev–Trinajstić information content (AvgIpc) is 2.12. The summed E-state index contributed by atoms with van der Waals surface area (Å²) in [4.78, 5) is 11.1. The van der Waals surface area contributed by atoms with Crippen molar-refractivity contribution in [1.29, 1.82) is 0 Å². The Morgan fingerprint density at radius 2 is 1.85 bits per heavy atom. The van der Waals surface area contributed by atoms with Gasteiger partial charge in [0.2, 0.25) is 5.91 Å². The fraction of sp³-hybridized carbons (Fsp3) is 0.222. The van der Waals surface area contributed by atoms with E-state index >= 15 is 0 Å². The van der Waals surface area contributed by atoms with Crippen LogP contribution in [0.25, 0.3) is 0 Å². The Morgan fingerprint density at radius 1 is 1.15 bits per heavy atom. The van der Waals surface area contributed by atoms with Crippen molar-refractivity contribution < 1.29 is 4.79 Å². The number of carbonyl (C=O) groups excluding carboxylic acids is 1. The number of benzene rings is 1. The van der Waals surface area contributed by atoms with Gasteiger partial charge >= 0.3 is 0 Å². The summed E-state index contributed by atoms with van der Waals surface area (Å²) in [5.74, 6) is -0.00309. The summed E-state index contributed by atoms with van der Waals surface area (Å²) in [6.07, 6.45) is 1.15. The van der Waals surface area contributed by atoms with Crippen LogP contribution >= 0.6 is 23.2 Å². The molecule has 1 N–H and O–H groups in total. The van der Waals surface area contributed by atoms with Crippen LogP contribution in [0.2, 0.25) is 10.0 Å². The summed E-state index contributed by atoms with van der Waals surface area (Å²) in [5, 5.41) is 3.93. The van der Waals surface area contributed by atoms with Crippen molar-refractivity contribution in [3.8, 4) is 0 Å². The highest BCUT2D eigenvalue weighted by Gasteiger charge is 2.19. The third kappa shape index (κ3) is 1.52. The predicted molar refractivity (Wildman–Crippen MR) is 53.4 cm³/mol. The van der Waals surface area contributed by atoms with E-state index < -0.39 is 0 Å². The Kier molecular flexibility index (Phi) is 2.18. The van der Waals surface area contributed by atoms with Crippen LogP contribution < -0.4 is 5.32 Å². The molecule has 0 spiro atoms. The van der Waals surface area contributed by atoms with Crippen molar-refractivity contribution in [2.24, 2.45) is 0 Å². The van der Waals surface area contributed by atoms with Crippen LogP contribution in [0, 0.1) is 0 Å². The zero-order chi connectivity index (χ0) is 9.42. The number of amides is 1. The highest BCUT2D eigenvalue weighted by Crippen LogP contribution is 2.35. The lowest BCUT2D eigenvalue weighted by molar-refractivity contribution is -0.116. The number of hydrogen-bond acceptors (Lipinski definition) is 1. The number of fused-ring (bicyclic) bond motifs is 1. The summed E-state index contributed by atoms with van der Waals surface area (Å²) in [6, 6.07) is 3.44. The molecule has 13 heavy (non-hydrogen) atoms. The van der Waals surface area contributed by atoms with Gasteiger partial charge in [0, 0.05) is 11.4 Å². The Hall–Kier alpha value is -0.730. The molecule has 0 radical (unpaired) electrons. The highest BCUT2D eigenvalue weighted by atomic mass is 35.5. The van der Waals surface area contributed by atoms with Crippen LogP contribution in [-0.4, -0.2) is 5.91 Å². The largest absolute Gasteiger partial charge is 0.324 e. The molecule has 2 rings (SSSR count). The average molecular weight is 216 g/mol. The van der Waals surface area contributed by atoms with Crippen molar-refractivity contribution >= 4 is 34.8 Å². The number of nitrogens with one attached hydrogen (secondary N) is 1. The summed E-state index contributed by atoms with van der Waals surface area (Å²) >= 11 is 11.9. The summed E-state index contributed by atoms with van der Waals surface area (Å²) in [6.45, 7) is 0. The van der Waals surface area contributed by atoms with Crippen LogP contribution in [0.5, 0.6) is 0 Å². The topological polar surface area (TPSA) is 29.1 Å². The van der Waals surface area contributed by atoms with Gasteiger partial charge in [0.05, 0.1) is 10.7 Å². The Morgan fingerprint density at radius 3 is 2.62 bits per heavy atom. The van der Waals surface area contributed by atoms with E-state index in [2.05, 4.69) is 5.32 Å². The molecule has 68 valence electrons. The molecule has 0 fully saturated rings. The molecule has 0 atom stereocenters. The number of rotatable bonds is 0. The smallest absolute Gasteiger partial charge is 0.224 e. The first kappa shape index (κ1) is 8.85. The van der Waals surface area contributed by atoms with E-state index in [0.717, 1.165) is 5.56 Å². The van der Waals surface area contributed by atoms with Crippen molar-refractivity contribution in [3.63, 3.8) is 0 Å². The van der Waals surface area contributed by atoms with Gasteiger partial charge in [-0.05, 0) is 24.1 Å². The quantitative estimate of drug-likeness (QED) is 0.709. The lowest BCUT2D eigenvalue weighted by Crippen LogP contribution is -2.19. The maximum atomic E-state index is 11.1. The van der Waals surface area contributed by atoms with E-state index in [9.17, 15) is 4.79 Å². The SMILES string of the molecule is O=C1CCc2c(Cl)ccc(Cl)c2N1. The number of carbonyl (C=O) groups is 1. The number of hydrogen-bond donors (Lipinski definition) is 1. The van der Waals surface area contributed by atoms with Gasteiger partial charge in [-0.15, -0.1) is 0 Å². The molecule has 1 aliphatic heterocycles. The molecule has 0 bridgehead atoms. The minimum atomic E-state index is -0.00309. The molecule has 1 heterocycles. The van der Waals surface area contributed by atoms with Crippen molar-refractivity contribution in [1.82, 2.24) is 0 Å². The first-order valence-electron chi connectivity index (χ1n) is 3.95. The third-order valence-corrected chi connectivity index (χ3v) is 2.74. The van der Waals surface area contributed by atoms with Crippen molar-refractivity contribution in [3.05, 3.63) is 27.7 Å². The molecule has 0 aromatic heterocycles. The van der Waals surface area contributed by atoms with E-state index in [1.54, 1.807) is 12.1 Å². The molecule has 0 aliphatic carbocycles. The van der Waals surface area contributed by atoms with Gasteiger partial charge in [-0.3, -0.25) is 4.79 Å². The standard InChI is InChI=1S/C9H7Cl2NO/c10-6-2-3-7(11)9-5(6)1-4-8(13)12-9/h2-3H,1,4H2,(H,12,13). The second kappa shape index (κ2) is 3.20. The van der Waals surface area contributed by atoms with E-state index in [1.807, 2.05) is 0 Å². The van der Waals surface area contributed by atoms with Crippen LogP contribution in [-0.2, 0) is 11.2 Å². The second-order valence-corrected chi connectivity index (χ2v) is 3.75. The summed E-state index contributed by atoms with van der Waals surface area (Å²) in [5.41, 5.74) is 1.61. The fourth-order valence-electron chi connectivity index (χ4n) is 1.41. The Labute approximate surface area is 85.8 Å². The van der Waals surface area contributed by atoms with Gasteiger partial charge in [-0.25, -0.2) is 0 Å². The summed E-state index contributed by atoms with van der Waals surface area (Å²) in [7, 11) is 0. The first-order valence-corrected chi connectivity index (χ1v) is 4.71. The molecular formula is C9H7Cl2NO. The molecule has 1 aliphatic rings. The molecule has 1 aromatic carbocycles. The lowest BCUT2D eigenvalue weighted by atomic mass is 10.0. The number of halogens is 2. The Bertz CT molecular complexity index is 376. The number of anilines is 1. The molecule has 0 unspecified atom stereocenters. The third-order valence-electron chi connectivity index (χ3n) is 2.07. The van der Waals surface area contributed by atoms with Gasteiger partial charge in [0.25, 0.3) is 0 Å². The molecule has 0 saturated heterocycles. The van der Waals surface area contributed by atoms with Gasteiger partial charge < -0.3 is 5.32 Å². The van der Waals surface area contributed by atoms with Crippen molar-refractivity contribution in [2.75, 3.05) is 5.32 Å². The Balaban J connectivity index is 2.57. The highest BCUT2D eigenvalue weighted by molar-refractivity contribution is 6.36. The van der Waals surface area contributed by atoms with E-state index in [0.29, 0.717) is 28.6 Å². The minimum Gasteiger partial charge on any atom is -0.324 e. The van der Waals surface area contributed by atoms with Crippen LogP contribution in [0.15, 0.2) is 12.1 Å². The molecule has 4 heteroatoms. The molecule has 1 aromatic rings. The maximum Gasteiger partial charge on any atom is 0.224 e. The summed E-state index contributed by atoms with van der Waals surface area (Å²) < 4.78 is 0. The van der Waals surface area contributed by atoms with Crippen LogP contribution in [0.3, 0.4) is 0 Å². The van der Waals surface area contributed by atoms with Crippen LogP contribution in [0.1, 0.15) is 12.0 Å². The first-order chi connectivity index (χ1) is 6.18. The van der Waals surface area contributed by atoms with Crippen molar-refractivity contribution in [2.45, 2.75) is 12.8 Å². The van der Waals surface area contributed by atoms with Gasteiger partial charge in [-0.1, -0.05) is 23.2 Å². The van der Waals surface area contributed by atoms with E-state index in [1.165, 1.54) is 0 Å². The molecule has 2 nitrogen and oxygen atoms in total. The lowest BCUT2D eigenvalue weighted by Gasteiger charge is -2.18. The second-order valence-electron chi connectivity index (χ2n) is 2.93. The van der Waals surface area contributed by atoms with E-state index in [-0.39, 0.29) is 5.91 Å².